The molecule has 1 saturated heterocycles. The van der Waals surface area contributed by atoms with Crippen LogP contribution in [0.2, 0.25) is 0 Å². The van der Waals surface area contributed by atoms with Crippen LogP contribution in [-0.2, 0) is 9.59 Å². The van der Waals surface area contributed by atoms with Crippen LogP contribution in [-0.4, -0.2) is 27.2 Å². The van der Waals surface area contributed by atoms with E-state index in [0.29, 0.717) is 17.8 Å². The largest absolute Gasteiger partial charge is 0.278 e. The van der Waals surface area contributed by atoms with Crippen molar-refractivity contribution in [3.05, 3.63) is 12.2 Å². The van der Waals surface area contributed by atoms with Crippen molar-refractivity contribution in [3.63, 3.8) is 0 Å². The molecule has 0 aromatic carbocycles. The first-order chi connectivity index (χ1) is 9.06. The van der Waals surface area contributed by atoms with Gasteiger partial charge in [0.25, 0.3) is 0 Å². The lowest BCUT2D eigenvalue weighted by Crippen LogP contribution is -2.45. The number of amides is 2. The van der Waals surface area contributed by atoms with Gasteiger partial charge < -0.3 is 0 Å². The number of allylic oxidation sites excluding steroid dienone is 2. The highest BCUT2D eigenvalue weighted by Crippen LogP contribution is 2.50. The van der Waals surface area contributed by atoms with E-state index in [9.17, 15) is 9.59 Å². The first kappa shape index (κ1) is 13.6. The molecule has 3 nitrogen and oxygen atoms in total. The van der Waals surface area contributed by atoms with Crippen molar-refractivity contribution >= 4 is 34.4 Å². The summed E-state index contributed by atoms with van der Waals surface area (Å²) in [5, 5.41) is 0. The van der Waals surface area contributed by atoms with E-state index in [0.717, 1.165) is 17.3 Å². The Kier molecular flexibility index (Phi) is 3.48. The Morgan fingerprint density at radius 3 is 1.95 bits per heavy atom. The van der Waals surface area contributed by atoms with Crippen molar-refractivity contribution in [1.29, 1.82) is 0 Å². The van der Waals surface area contributed by atoms with Gasteiger partial charge in [-0.25, -0.2) is 0 Å². The number of hydrogen-bond donors (Lipinski definition) is 0. The lowest BCUT2D eigenvalue weighted by Gasteiger charge is -2.38. The van der Waals surface area contributed by atoms with Gasteiger partial charge in [-0.3, -0.25) is 14.5 Å². The van der Waals surface area contributed by atoms with Crippen molar-refractivity contribution in [2.24, 2.45) is 29.6 Å². The van der Waals surface area contributed by atoms with E-state index in [1.165, 1.54) is 0 Å². The second-order valence-corrected chi connectivity index (χ2v) is 7.23. The fourth-order valence-corrected chi connectivity index (χ4v) is 5.38. The van der Waals surface area contributed by atoms with Crippen molar-refractivity contribution < 1.29 is 9.59 Å². The van der Waals surface area contributed by atoms with Gasteiger partial charge >= 0.3 is 0 Å². The molecule has 0 spiro atoms. The van der Waals surface area contributed by atoms with Crippen molar-refractivity contribution in [3.8, 4) is 0 Å². The zero-order chi connectivity index (χ0) is 13.7. The third kappa shape index (κ3) is 1.89. The van der Waals surface area contributed by atoms with Crippen LogP contribution in [0, 0.1) is 29.6 Å². The molecule has 0 aromatic heterocycles. The summed E-state index contributed by atoms with van der Waals surface area (Å²) in [7, 11) is 0. The molecule has 5 atom stereocenters. The van der Waals surface area contributed by atoms with E-state index in [4.69, 9.17) is 0 Å². The number of nitrogens with zero attached hydrogens (tertiary/aromatic N) is 1. The predicted octanol–water partition coefficient (Wildman–Crippen LogP) is 2.64. The molecule has 1 saturated carbocycles. The summed E-state index contributed by atoms with van der Waals surface area (Å²) in [5.41, 5.74) is 0. The summed E-state index contributed by atoms with van der Waals surface area (Å²) in [6, 6.07) is 0.0607. The average molecular weight is 373 g/mol. The van der Waals surface area contributed by atoms with Crippen LogP contribution in [0.5, 0.6) is 0 Å². The van der Waals surface area contributed by atoms with Gasteiger partial charge in [-0.2, -0.15) is 0 Å². The molecule has 19 heavy (non-hydrogen) atoms. The van der Waals surface area contributed by atoms with Crippen LogP contribution in [0.15, 0.2) is 12.2 Å². The number of halogens is 1. The van der Waals surface area contributed by atoms with E-state index in [2.05, 4.69) is 48.6 Å². The first-order valence-electron chi connectivity index (χ1n) is 7.17. The topological polar surface area (TPSA) is 37.4 Å². The van der Waals surface area contributed by atoms with Gasteiger partial charge in [0.05, 0.1) is 17.9 Å². The van der Waals surface area contributed by atoms with Crippen LogP contribution in [0.1, 0.15) is 26.7 Å². The summed E-state index contributed by atoms with van der Waals surface area (Å²) in [5.74, 6) is 1.03. The molecule has 4 heteroatoms. The molecule has 1 aliphatic heterocycles. The second-order valence-electron chi connectivity index (χ2n) is 6.35. The summed E-state index contributed by atoms with van der Waals surface area (Å²) < 4.78 is 0.828. The zero-order valence-corrected chi connectivity index (χ0v) is 13.5. The van der Waals surface area contributed by atoms with E-state index < -0.39 is 0 Å². The fraction of sp³-hybridized carbons (Fsp3) is 0.733. The molecule has 0 N–H and O–H groups in total. The Hall–Kier alpha value is -0.390. The second kappa shape index (κ2) is 4.86. The lowest BCUT2D eigenvalue weighted by molar-refractivity contribution is -0.143. The zero-order valence-electron chi connectivity index (χ0n) is 11.4. The van der Waals surface area contributed by atoms with Crippen LogP contribution in [0.3, 0.4) is 0 Å². The highest BCUT2D eigenvalue weighted by molar-refractivity contribution is 14.1. The minimum atomic E-state index is -0.0551. The molecule has 2 bridgehead atoms. The van der Waals surface area contributed by atoms with Gasteiger partial charge in [0, 0.05) is 4.43 Å². The summed E-state index contributed by atoms with van der Waals surface area (Å²) >= 11 is 2.29. The minimum absolute atomic E-state index is 0.0551. The normalized spacial score (nSPS) is 38.2. The maximum absolute atomic E-state index is 12.7. The number of hydrogen-bond acceptors (Lipinski definition) is 2. The summed E-state index contributed by atoms with van der Waals surface area (Å²) in [4.78, 5) is 27.0. The predicted molar refractivity (Wildman–Crippen MR) is 81.7 cm³/mol. The Labute approximate surface area is 127 Å². The van der Waals surface area contributed by atoms with Crippen LogP contribution >= 0.6 is 22.6 Å². The van der Waals surface area contributed by atoms with Crippen LogP contribution in [0.25, 0.3) is 0 Å². The average Bonchev–Trinajstić information content (AvgIpc) is 2.68. The first-order valence-corrected chi connectivity index (χ1v) is 8.70. The number of fused-ring (bicyclic) bond motifs is 1. The van der Waals surface area contributed by atoms with E-state index in [1.54, 1.807) is 4.90 Å². The quantitative estimate of drug-likeness (QED) is 0.330. The molecule has 2 amide bonds. The van der Waals surface area contributed by atoms with E-state index >= 15 is 0 Å². The van der Waals surface area contributed by atoms with Crippen LogP contribution in [0.4, 0.5) is 0 Å². The van der Waals surface area contributed by atoms with Crippen molar-refractivity contribution in [2.75, 3.05) is 4.43 Å². The van der Waals surface area contributed by atoms with Gasteiger partial charge in [0.15, 0.2) is 0 Å². The maximum atomic E-state index is 12.7. The van der Waals surface area contributed by atoms with Gasteiger partial charge in [-0.15, -0.1) is 0 Å². The summed E-state index contributed by atoms with van der Waals surface area (Å²) in [6.07, 6.45) is 6.51. The van der Waals surface area contributed by atoms with Crippen LogP contribution < -0.4 is 0 Å². The highest BCUT2D eigenvalue weighted by Gasteiger charge is 2.57. The van der Waals surface area contributed by atoms with Gasteiger partial charge in [-0.1, -0.05) is 48.6 Å². The number of rotatable bonds is 3. The molecule has 4 aliphatic rings. The SMILES string of the molecule is CC(C)C(CI)N1C(=O)C2C3C=CC(CC3)C2C1=O. The lowest BCUT2D eigenvalue weighted by atomic mass is 9.63. The molecule has 0 radical (unpaired) electrons. The fourth-order valence-electron chi connectivity index (χ4n) is 3.97. The Bertz CT molecular complexity index is 413. The van der Waals surface area contributed by atoms with E-state index in [-0.39, 0.29) is 29.7 Å². The minimum Gasteiger partial charge on any atom is -0.278 e. The van der Waals surface area contributed by atoms with Gasteiger partial charge in [0.2, 0.25) is 11.8 Å². The van der Waals surface area contributed by atoms with Crippen molar-refractivity contribution in [1.82, 2.24) is 4.90 Å². The highest BCUT2D eigenvalue weighted by atomic mass is 127. The number of carbonyl (C=O) groups is 2. The Balaban J connectivity index is 1.94. The molecule has 3 aliphatic carbocycles. The number of imide groups is 1. The molecule has 5 unspecified atom stereocenters. The number of likely N-dealkylation sites (tertiary alicyclic amines) is 1. The molecule has 0 aromatic rings. The standard InChI is InChI=1S/C15H20INO2/c1-8(2)11(7-16)17-14(18)12-9-3-4-10(6-5-9)13(12)15(17)19/h3-4,8-13H,5-7H2,1-2H3. The molecular formula is C15H20INO2. The third-order valence-electron chi connectivity index (χ3n) is 5.05. The molecule has 4 rings (SSSR count). The number of carbonyl (C=O) groups excluding carboxylic acids is 2. The molecule has 104 valence electrons. The monoisotopic (exact) mass is 373 g/mol. The summed E-state index contributed by atoms with van der Waals surface area (Å²) in [6.45, 7) is 4.19. The van der Waals surface area contributed by atoms with Gasteiger partial charge in [0.1, 0.15) is 0 Å². The number of alkyl halides is 1. The molecular weight excluding hydrogens is 353 g/mol. The van der Waals surface area contributed by atoms with Gasteiger partial charge in [-0.05, 0) is 30.6 Å². The Morgan fingerprint density at radius 2 is 1.63 bits per heavy atom. The Morgan fingerprint density at radius 1 is 1.16 bits per heavy atom. The third-order valence-corrected chi connectivity index (χ3v) is 5.96. The molecule has 1 heterocycles. The smallest absolute Gasteiger partial charge is 0.234 e. The van der Waals surface area contributed by atoms with E-state index in [1.807, 2.05) is 0 Å². The molecule has 2 fully saturated rings. The maximum Gasteiger partial charge on any atom is 0.234 e. The van der Waals surface area contributed by atoms with Crippen molar-refractivity contribution in [2.45, 2.75) is 32.7 Å².